The minimum absolute atomic E-state index is 0. The number of anilines is 1. The van der Waals surface area contributed by atoms with E-state index in [0.717, 1.165) is 35.5 Å². The molecule has 1 aliphatic heterocycles. The normalized spacial score (nSPS) is 14.0. The quantitative estimate of drug-likeness (QED) is 0.296. The predicted molar refractivity (Wildman–Crippen MR) is 123 cm³/mol. The van der Waals surface area contributed by atoms with E-state index in [1.165, 1.54) is 17.7 Å². The molecular formula is C22H28FN3RuS2. The zero-order valence-corrected chi connectivity index (χ0v) is 20.6. The topological polar surface area (TPSA) is 18.5 Å². The Labute approximate surface area is 196 Å². The van der Waals surface area contributed by atoms with Crippen molar-refractivity contribution in [2.75, 3.05) is 30.9 Å². The maximum Gasteiger partial charge on any atom is 2.00 e. The van der Waals surface area contributed by atoms with Gasteiger partial charge in [0.25, 0.3) is 0 Å². The van der Waals surface area contributed by atoms with Gasteiger partial charge in [-0.05, 0) is 63.2 Å². The van der Waals surface area contributed by atoms with E-state index in [1.54, 1.807) is 36.0 Å². The van der Waals surface area contributed by atoms with E-state index in [4.69, 9.17) is 6.58 Å². The smallest absolute Gasteiger partial charge is 0.386 e. The van der Waals surface area contributed by atoms with Gasteiger partial charge in [-0.15, -0.1) is 35.5 Å². The van der Waals surface area contributed by atoms with Crippen LogP contribution in [0.25, 0.3) is 6.08 Å². The Kier molecular flexibility index (Phi) is 12.2. The third-order valence-electron chi connectivity index (χ3n) is 4.41. The van der Waals surface area contributed by atoms with E-state index in [1.807, 2.05) is 13.8 Å². The van der Waals surface area contributed by atoms with Gasteiger partial charge in [-0.3, -0.25) is 6.58 Å². The first-order valence-corrected chi connectivity index (χ1v) is 11.4. The summed E-state index contributed by atoms with van der Waals surface area (Å²) in [6.07, 6.45) is 5.81. The molecule has 0 saturated carbocycles. The van der Waals surface area contributed by atoms with Crippen LogP contribution in [-0.4, -0.2) is 34.2 Å². The largest absolute Gasteiger partial charge is 2.00 e. The van der Waals surface area contributed by atoms with Crippen LogP contribution in [0.1, 0.15) is 22.3 Å². The Bertz CT molecular complexity index is 779. The third kappa shape index (κ3) is 8.43. The summed E-state index contributed by atoms with van der Waals surface area (Å²) in [5.41, 5.74) is 5.15. The summed E-state index contributed by atoms with van der Waals surface area (Å²) in [5.74, 6) is -0.214. The van der Waals surface area contributed by atoms with Gasteiger partial charge in [-0.25, -0.2) is 10.5 Å². The van der Waals surface area contributed by atoms with Crippen molar-refractivity contribution in [1.29, 1.82) is 0 Å². The first-order valence-electron chi connectivity index (χ1n) is 9.07. The molecule has 3 rings (SSSR count). The minimum atomic E-state index is -0.214. The molecule has 0 unspecified atom stereocenters. The first-order chi connectivity index (χ1) is 13.5. The van der Waals surface area contributed by atoms with Gasteiger partial charge in [0.2, 0.25) is 0 Å². The zero-order valence-electron chi connectivity index (χ0n) is 17.3. The maximum absolute atomic E-state index is 13.0. The molecule has 1 aliphatic rings. The number of benzene rings is 2. The average molecular weight is 519 g/mol. The molecule has 0 aromatic heterocycles. The van der Waals surface area contributed by atoms with Gasteiger partial charge in [0.05, 0.1) is 0 Å². The summed E-state index contributed by atoms with van der Waals surface area (Å²) in [6.45, 7) is 14.7. The van der Waals surface area contributed by atoms with Gasteiger partial charge in [-0.1, -0.05) is 17.7 Å². The van der Waals surface area contributed by atoms with Crippen LogP contribution in [0.2, 0.25) is 0 Å². The number of aryl methyl sites for hydroxylation is 2. The second-order valence-electron chi connectivity index (χ2n) is 6.44. The minimum Gasteiger partial charge on any atom is -0.386 e. The van der Waals surface area contributed by atoms with E-state index in [2.05, 4.69) is 51.3 Å². The fourth-order valence-electron chi connectivity index (χ4n) is 2.78. The molecule has 29 heavy (non-hydrogen) atoms. The van der Waals surface area contributed by atoms with Crippen molar-refractivity contribution in [1.82, 2.24) is 8.61 Å². The molecule has 0 spiro atoms. The molecule has 0 aliphatic carbocycles. The molecule has 0 amide bonds. The van der Waals surface area contributed by atoms with Gasteiger partial charge in [0, 0.05) is 12.2 Å². The standard InChI is InChI=1S/C17H17FN.C5H11N2S2.Ru/c1-4-14-9-12(2)5-6-15(14)11-19-17-8-7-16(18)10-13(17)3;1-8-6-3-4-7(5-6)9-2;/h1,4-10,19H,11H2,2-3H3;5H,3-4H2,1-2H3;/q2*-1;+2. The zero-order chi connectivity index (χ0) is 20.5. The number of nitrogens with one attached hydrogen (secondary N) is 1. The Balaban J connectivity index is 0.000000355. The molecule has 3 nitrogen and oxygen atoms in total. The average Bonchev–Trinajstić information content (AvgIpc) is 3.17. The molecule has 158 valence electrons. The molecule has 2 aromatic rings. The summed E-state index contributed by atoms with van der Waals surface area (Å²) in [4.78, 5) is 0. The van der Waals surface area contributed by atoms with Crippen molar-refractivity contribution in [3.8, 4) is 0 Å². The third-order valence-corrected chi connectivity index (χ3v) is 5.90. The second kappa shape index (κ2) is 13.5. The van der Waals surface area contributed by atoms with E-state index in [-0.39, 0.29) is 25.3 Å². The van der Waals surface area contributed by atoms with Gasteiger partial charge >= 0.3 is 19.5 Å². The summed E-state index contributed by atoms with van der Waals surface area (Å²) < 4.78 is 17.5. The predicted octanol–water partition coefficient (Wildman–Crippen LogP) is 5.78. The van der Waals surface area contributed by atoms with Crippen molar-refractivity contribution < 1.29 is 23.9 Å². The van der Waals surface area contributed by atoms with Crippen LogP contribution < -0.4 is 5.32 Å². The van der Waals surface area contributed by atoms with Crippen LogP contribution in [0.15, 0.2) is 36.4 Å². The Morgan fingerprint density at radius 2 is 1.76 bits per heavy atom. The van der Waals surface area contributed by atoms with E-state index in [0.29, 0.717) is 6.54 Å². The van der Waals surface area contributed by atoms with E-state index in [9.17, 15) is 4.39 Å². The van der Waals surface area contributed by atoms with Crippen molar-refractivity contribution in [2.24, 2.45) is 0 Å². The Morgan fingerprint density at radius 1 is 1.10 bits per heavy atom. The monoisotopic (exact) mass is 519 g/mol. The van der Waals surface area contributed by atoms with Crippen molar-refractivity contribution in [3.05, 3.63) is 77.7 Å². The Morgan fingerprint density at radius 3 is 2.28 bits per heavy atom. The van der Waals surface area contributed by atoms with Crippen LogP contribution in [-0.2, 0) is 26.0 Å². The van der Waals surface area contributed by atoms with Crippen LogP contribution in [0.4, 0.5) is 10.1 Å². The van der Waals surface area contributed by atoms with Crippen molar-refractivity contribution >= 4 is 35.7 Å². The summed E-state index contributed by atoms with van der Waals surface area (Å²) in [7, 11) is 0. The summed E-state index contributed by atoms with van der Waals surface area (Å²) in [5, 5.41) is 3.31. The van der Waals surface area contributed by atoms with E-state index < -0.39 is 0 Å². The van der Waals surface area contributed by atoms with Crippen LogP contribution in [0.5, 0.6) is 0 Å². The van der Waals surface area contributed by atoms with Gasteiger partial charge in [0.1, 0.15) is 5.82 Å². The van der Waals surface area contributed by atoms with Crippen LogP contribution in [0, 0.1) is 32.9 Å². The van der Waals surface area contributed by atoms with Crippen LogP contribution >= 0.6 is 23.9 Å². The fraction of sp³-hybridized carbons (Fsp3) is 0.318. The summed E-state index contributed by atoms with van der Waals surface area (Å²) in [6, 6.07) is 10.9. The molecule has 1 saturated heterocycles. The molecule has 1 fully saturated rings. The number of halogens is 1. The summed E-state index contributed by atoms with van der Waals surface area (Å²) >= 11 is 3.55. The molecule has 0 bridgehead atoms. The van der Waals surface area contributed by atoms with Crippen LogP contribution in [0.3, 0.4) is 0 Å². The van der Waals surface area contributed by atoms with Gasteiger partial charge < -0.3 is 13.9 Å². The Hall–Kier alpha value is -0.847. The van der Waals surface area contributed by atoms with Gasteiger partial charge in [0.15, 0.2) is 0 Å². The molecule has 0 radical (unpaired) electrons. The fourth-order valence-corrected chi connectivity index (χ4v) is 3.78. The van der Waals surface area contributed by atoms with E-state index >= 15 is 0 Å². The second-order valence-corrected chi connectivity index (χ2v) is 8.11. The first kappa shape index (κ1) is 26.2. The SMILES string of the molecule is CSN1[CH-]N(SC)CC1.[CH-]=Cc1cc(C)ccc1CNc1ccc(F)cc1C.[Ru+2]. The number of rotatable bonds is 6. The molecule has 2 aromatic carbocycles. The molecule has 7 heteroatoms. The molecule has 1 heterocycles. The number of nitrogens with zero attached hydrogens (tertiary/aromatic N) is 2. The number of hydrogen-bond acceptors (Lipinski definition) is 5. The molecule has 1 N–H and O–H groups in total. The van der Waals surface area contributed by atoms with Crippen molar-refractivity contribution in [3.63, 3.8) is 0 Å². The molecule has 0 atom stereocenters. The van der Waals surface area contributed by atoms with Gasteiger partial charge in [-0.2, -0.15) is 12.2 Å². The maximum atomic E-state index is 13.0. The number of hydrogen-bond donors (Lipinski definition) is 1. The molecular weight excluding hydrogens is 490 g/mol. The van der Waals surface area contributed by atoms with Crippen molar-refractivity contribution in [2.45, 2.75) is 20.4 Å².